The summed E-state index contributed by atoms with van der Waals surface area (Å²) < 4.78 is 3.16. The Morgan fingerprint density at radius 2 is 1.94 bits per heavy atom. The minimum absolute atomic E-state index is 0.00694. The van der Waals surface area contributed by atoms with Gasteiger partial charge in [0.25, 0.3) is 11.5 Å². The van der Waals surface area contributed by atoms with Crippen LogP contribution in [0.2, 0.25) is 0 Å². The second-order valence-corrected chi connectivity index (χ2v) is 8.76. The summed E-state index contributed by atoms with van der Waals surface area (Å²) >= 11 is 1.30. The first-order valence-electron chi connectivity index (χ1n) is 10.9. The highest BCUT2D eigenvalue weighted by atomic mass is 32.1. The summed E-state index contributed by atoms with van der Waals surface area (Å²) in [4.78, 5) is 39.9. The molecule has 0 saturated heterocycles. The maximum Gasteiger partial charge on any atom is 0.274 e. The number of amides is 1. The number of thiazole rings is 1. The molecular formula is C25H20N8O2S. The Morgan fingerprint density at radius 3 is 2.67 bits per heavy atom. The van der Waals surface area contributed by atoms with Crippen molar-refractivity contribution >= 4 is 28.0 Å². The Kier molecular flexibility index (Phi) is 6.02. The average Bonchev–Trinajstić information content (AvgIpc) is 3.49. The average molecular weight is 497 g/mol. The van der Waals surface area contributed by atoms with Gasteiger partial charge in [-0.2, -0.15) is 5.10 Å². The minimum Gasteiger partial charge on any atom is -0.382 e. The summed E-state index contributed by atoms with van der Waals surface area (Å²) in [6.07, 6.45) is 6.25. The molecule has 4 heterocycles. The van der Waals surface area contributed by atoms with Gasteiger partial charge in [-0.1, -0.05) is 36.3 Å². The van der Waals surface area contributed by atoms with Gasteiger partial charge in [0.05, 0.1) is 29.1 Å². The van der Waals surface area contributed by atoms with Crippen LogP contribution in [0.15, 0.2) is 65.3 Å². The number of anilines is 1. The number of nitrogens with one attached hydrogen (secondary N) is 1. The molecule has 0 spiro atoms. The predicted molar refractivity (Wildman–Crippen MR) is 136 cm³/mol. The number of nitrogens with zero attached hydrogens (tertiary/aromatic N) is 6. The molecule has 1 atom stereocenters. The van der Waals surface area contributed by atoms with E-state index in [0.717, 1.165) is 5.56 Å². The molecule has 5 rings (SSSR count). The number of carbonyl (C=O) groups is 1. The van der Waals surface area contributed by atoms with Crippen molar-refractivity contribution < 1.29 is 4.79 Å². The third-order valence-electron chi connectivity index (χ3n) is 5.40. The highest BCUT2D eigenvalue weighted by Crippen LogP contribution is 2.26. The van der Waals surface area contributed by atoms with Crippen LogP contribution in [0.4, 0.5) is 5.82 Å². The van der Waals surface area contributed by atoms with Crippen molar-refractivity contribution in [2.45, 2.75) is 13.0 Å². The molecule has 1 amide bonds. The van der Waals surface area contributed by atoms with E-state index in [1.807, 2.05) is 37.4 Å². The lowest BCUT2D eigenvalue weighted by Gasteiger charge is -2.17. The predicted octanol–water partition coefficient (Wildman–Crippen LogP) is 2.42. The highest BCUT2D eigenvalue weighted by molar-refractivity contribution is 7.15. The first kappa shape index (κ1) is 22.9. The third-order valence-corrected chi connectivity index (χ3v) is 6.22. The Morgan fingerprint density at radius 1 is 1.17 bits per heavy atom. The standard InChI is InChI=1S/C25H20N8O2S/c1-15(30-23(34)21-22(26)28-11-10-27-21)20-19(17-6-4-3-5-7-17)24(35)33-18(14-36-25(33)31-20)9-8-16-12-29-32(2)13-16/h3-7,10-15H,1-2H3,(H2,26,28)(H,30,34)/t15-/m1/s1. The van der Waals surface area contributed by atoms with Crippen LogP contribution in [0.3, 0.4) is 0 Å². The number of aromatic nitrogens is 6. The topological polar surface area (TPSA) is 133 Å². The third kappa shape index (κ3) is 4.33. The van der Waals surface area contributed by atoms with Gasteiger partial charge in [0.1, 0.15) is 5.69 Å². The molecule has 0 bridgehead atoms. The smallest absolute Gasteiger partial charge is 0.274 e. The number of fused-ring (bicyclic) bond motifs is 1. The van der Waals surface area contributed by atoms with Crippen LogP contribution in [0.1, 0.15) is 40.4 Å². The van der Waals surface area contributed by atoms with Gasteiger partial charge in [-0.3, -0.25) is 14.3 Å². The Balaban J connectivity index is 1.62. The van der Waals surface area contributed by atoms with Crippen LogP contribution in [0, 0.1) is 11.8 Å². The normalized spacial score (nSPS) is 11.6. The molecule has 0 aliphatic heterocycles. The van der Waals surface area contributed by atoms with Crippen LogP contribution < -0.4 is 16.6 Å². The zero-order valence-electron chi connectivity index (χ0n) is 19.3. The molecule has 0 aliphatic carbocycles. The minimum atomic E-state index is -0.626. The van der Waals surface area contributed by atoms with Gasteiger partial charge in [-0.25, -0.2) is 19.4 Å². The fourth-order valence-corrected chi connectivity index (χ4v) is 4.54. The van der Waals surface area contributed by atoms with E-state index < -0.39 is 11.9 Å². The van der Waals surface area contributed by atoms with Crippen LogP contribution in [-0.4, -0.2) is 35.0 Å². The monoisotopic (exact) mass is 496 g/mol. The molecule has 0 fully saturated rings. The SMILES string of the molecule is C[C@@H](NC(=O)c1nccnc1N)c1nc2scc(C#Cc3cnn(C)c3)n2c(=O)c1-c1ccccc1. The molecule has 4 aromatic heterocycles. The number of benzene rings is 1. The first-order valence-corrected chi connectivity index (χ1v) is 11.8. The Hall–Kier alpha value is -4.82. The van der Waals surface area contributed by atoms with Gasteiger partial charge in [-0.15, -0.1) is 11.3 Å². The number of nitrogen functional groups attached to an aromatic ring is 1. The lowest BCUT2D eigenvalue weighted by molar-refractivity contribution is 0.0935. The van der Waals surface area contributed by atoms with Gasteiger partial charge in [-0.05, 0) is 18.4 Å². The lowest BCUT2D eigenvalue weighted by Crippen LogP contribution is -2.31. The fraction of sp³-hybridized carbons (Fsp3) is 0.120. The molecule has 5 aromatic rings. The number of hydrogen-bond acceptors (Lipinski definition) is 8. The largest absolute Gasteiger partial charge is 0.382 e. The van der Waals surface area contributed by atoms with Gasteiger partial charge in [0.2, 0.25) is 0 Å². The first-order chi connectivity index (χ1) is 17.4. The van der Waals surface area contributed by atoms with E-state index in [1.165, 1.54) is 28.1 Å². The maximum atomic E-state index is 13.9. The summed E-state index contributed by atoms with van der Waals surface area (Å²) in [6, 6.07) is 8.58. The van der Waals surface area contributed by atoms with E-state index in [4.69, 9.17) is 10.7 Å². The van der Waals surface area contributed by atoms with Crippen molar-refractivity contribution in [2.75, 3.05) is 5.73 Å². The van der Waals surface area contributed by atoms with Gasteiger partial charge < -0.3 is 11.1 Å². The van der Waals surface area contributed by atoms with Gasteiger partial charge >= 0.3 is 0 Å². The Labute approximate surface area is 209 Å². The molecule has 178 valence electrons. The van der Waals surface area contributed by atoms with Crippen molar-refractivity contribution in [3.05, 3.63) is 93.5 Å². The lowest BCUT2D eigenvalue weighted by atomic mass is 10.0. The molecule has 3 N–H and O–H groups in total. The van der Waals surface area contributed by atoms with E-state index in [2.05, 4.69) is 32.2 Å². The van der Waals surface area contributed by atoms with E-state index in [0.29, 0.717) is 27.5 Å². The summed E-state index contributed by atoms with van der Waals surface area (Å²) in [5, 5.41) is 8.75. The molecule has 36 heavy (non-hydrogen) atoms. The molecule has 0 unspecified atom stereocenters. The van der Waals surface area contributed by atoms with E-state index in [-0.39, 0.29) is 17.1 Å². The zero-order chi connectivity index (χ0) is 25.2. The second-order valence-electron chi connectivity index (χ2n) is 7.92. The maximum absolute atomic E-state index is 13.9. The zero-order valence-corrected chi connectivity index (χ0v) is 20.2. The highest BCUT2D eigenvalue weighted by Gasteiger charge is 2.24. The molecule has 11 heteroatoms. The second kappa shape index (κ2) is 9.44. The van der Waals surface area contributed by atoms with Crippen molar-refractivity contribution in [1.82, 2.24) is 34.4 Å². The van der Waals surface area contributed by atoms with Gasteiger partial charge in [0, 0.05) is 31.0 Å². The van der Waals surface area contributed by atoms with Crippen LogP contribution in [-0.2, 0) is 7.05 Å². The van der Waals surface area contributed by atoms with Crippen LogP contribution in [0.25, 0.3) is 16.1 Å². The number of aryl methyl sites for hydroxylation is 1. The molecule has 10 nitrogen and oxygen atoms in total. The molecule has 0 radical (unpaired) electrons. The summed E-state index contributed by atoms with van der Waals surface area (Å²) in [7, 11) is 1.81. The van der Waals surface area contributed by atoms with E-state index >= 15 is 0 Å². The number of nitrogens with two attached hydrogens (primary N) is 1. The quantitative estimate of drug-likeness (QED) is 0.365. The molecule has 1 aromatic carbocycles. The van der Waals surface area contributed by atoms with E-state index in [1.54, 1.807) is 29.4 Å². The van der Waals surface area contributed by atoms with E-state index in [9.17, 15) is 9.59 Å². The summed E-state index contributed by atoms with van der Waals surface area (Å²) in [5.41, 5.74) is 8.26. The Bertz CT molecular complexity index is 1710. The van der Waals surface area contributed by atoms with Crippen molar-refractivity contribution in [3.63, 3.8) is 0 Å². The van der Waals surface area contributed by atoms with Crippen LogP contribution >= 0.6 is 11.3 Å². The van der Waals surface area contributed by atoms with Crippen molar-refractivity contribution in [3.8, 4) is 23.0 Å². The number of carbonyl (C=O) groups excluding carboxylic acids is 1. The number of rotatable bonds is 4. The molecular weight excluding hydrogens is 476 g/mol. The summed E-state index contributed by atoms with van der Waals surface area (Å²) in [6.45, 7) is 1.76. The van der Waals surface area contributed by atoms with Crippen molar-refractivity contribution in [1.29, 1.82) is 0 Å². The summed E-state index contributed by atoms with van der Waals surface area (Å²) in [5.74, 6) is 5.60. The number of hydrogen-bond donors (Lipinski definition) is 2. The van der Waals surface area contributed by atoms with Gasteiger partial charge in [0.15, 0.2) is 16.5 Å². The molecule has 0 aliphatic rings. The fourth-order valence-electron chi connectivity index (χ4n) is 3.72. The van der Waals surface area contributed by atoms with Crippen molar-refractivity contribution in [2.24, 2.45) is 7.05 Å². The van der Waals surface area contributed by atoms with Crippen LogP contribution in [0.5, 0.6) is 0 Å². The molecule has 0 saturated carbocycles.